The van der Waals surface area contributed by atoms with Crippen molar-refractivity contribution in [2.24, 2.45) is 7.05 Å². The fraction of sp³-hybridized carbons (Fsp3) is 0.333. The average Bonchev–Trinajstić information content (AvgIpc) is 3.37. The van der Waals surface area contributed by atoms with Crippen LogP contribution in [-0.2, 0) is 16.6 Å². The van der Waals surface area contributed by atoms with Crippen LogP contribution in [0.2, 0.25) is 5.02 Å². The fourth-order valence-corrected chi connectivity index (χ4v) is 5.02. The molecule has 1 aromatic carbocycles. The summed E-state index contributed by atoms with van der Waals surface area (Å²) in [6, 6.07) is 5.64. The van der Waals surface area contributed by atoms with Crippen LogP contribution in [0.15, 0.2) is 40.1 Å². The number of rotatable bonds is 8. The van der Waals surface area contributed by atoms with Gasteiger partial charge in [-0.05, 0) is 46.5 Å². The van der Waals surface area contributed by atoms with Crippen molar-refractivity contribution in [1.29, 1.82) is 0 Å². The van der Waals surface area contributed by atoms with Gasteiger partial charge >= 0.3 is 5.97 Å². The van der Waals surface area contributed by atoms with Crippen LogP contribution >= 0.6 is 39.3 Å². The molecule has 4 rings (SSSR count). The van der Waals surface area contributed by atoms with Gasteiger partial charge in [0.25, 0.3) is 5.91 Å². The number of amides is 1. The van der Waals surface area contributed by atoms with Crippen molar-refractivity contribution < 1.29 is 14.3 Å². The van der Waals surface area contributed by atoms with Crippen LogP contribution < -0.4 is 5.32 Å². The Bertz CT molecular complexity index is 1170. The van der Waals surface area contributed by atoms with E-state index < -0.39 is 0 Å². The van der Waals surface area contributed by atoms with Gasteiger partial charge in [-0.15, -0.1) is 11.8 Å². The molecule has 0 aliphatic heterocycles. The van der Waals surface area contributed by atoms with Gasteiger partial charge in [-0.25, -0.2) is 9.36 Å². The summed E-state index contributed by atoms with van der Waals surface area (Å²) in [6.07, 6.45) is 5.93. The van der Waals surface area contributed by atoms with E-state index in [0.717, 1.165) is 39.3 Å². The lowest BCUT2D eigenvalue weighted by atomic mass is 10.1. The van der Waals surface area contributed by atoms with Gasteiger partial charge in [0.05, 0.1) is 34.8 Å². The third kappa shape index (κ3) is 5.02. The molecule has 1 N–H and O–H groups in total. The van der Waals surface area contributed by atoms with E-state index in [-0.39, 0.29) is 17.9 Å². The molecule has 2 aromatic heterocycles. The number of aromatic nitrogens is 4. The van der Waals surface area contributed by atoms with Crippen molar-refractivity contribution in [2.45, 2.75) is 30.3 Å². The molecule has 32 heavy (non-hydrogen) atoms. The molecule has 0 bridgehead atoms. The third-order valence-corrected chi connectivity index (χ3v) is 7.25. The van der Waals surface area contributed by atoms with Gasteiger partial charge in [0.1, 0.15) is 5.03 Å². The normalized spacial score (nSPS) is 13.2. The molecular formula is C21H21BrClN5O3S. The second kappa shape index (κ2) is 9.68. The standard InChI is InChI=1S/C21H21BrClN5O3S/c1-27-21(18(22)20(26-27)32-8-7-17(29)31-2)28-11-13(10-24-28)12-3-6-16(23)15(9-12)19(30)25-14-4-5-14/h3,6,9-11,14H,4-5,7-8H2,1-2H3,(H,25,30). The van der Waals surface area contributed by atoms with E-state index in [4.69, 9.17) is 11.6 Å². The van der Waals surface area contributed by atoms with E-state index in [0.29, 0.717) is 22.8 Å². The van der Waals surface area contributed by atoms with Crippen molar-refractivity contribution in [3.63, 3.8) is 0 Å². The maximum atomic E-state index is 12.5. The SMILES string of the molecule is COC(=O)CCSc1nn(C)c(-n2cc(-c3ccc(Cl)c(C(=O)NC4CC4)c3)cn2)c1Br. The number of methoxy groups -OCH3 is 1. The number of carbonyl (C=O) groups is 2. The number of aryl methyl sites for hydroxylation is 1. The third-order valence-electron chi connectivity index (χ3n) is 4.96. The Kier molecular flexibility index (Phi) is 6.92. The van der Waals surface area contributed by atoms with Crippen LogP contribution in [-0.4, -0.2) is 50.3 Å². The van der Waals surface area contributed by atoms with Crippen molar-refractivity contribution in [3.8, 4) is 16.9 Å². The maximum absolute atomic E-state index is 12.5. The highest BCUT2D eigenvalue weighted by Crippen LogP contribution is 2.33. The van der Waals surface area contributed by atoms with Crippen molar-refractivity contribution in [1.82, 2.24) is 24.9 Å². The molecule has 1 aliphatic rings. The Morgan fingerprint density at radius 3 is 2.84 bits per heavy atom. The number of esters is 1. The Morgan fingerprint density at radius 1 is 1.34 bits per heavy atom. The molecule has 1 saturated carbocycles. The lowest BCUT2D eigenvalue weighted by molar-refractivity contribution is -0.140. The molecule has 0 unspecified atom stereocenters. The summed E-state index contributed by atoms with van der Waals surface area (Å²) < 4.78 is 8.90. The predicted molar refractivity (Wildman–Crippen MR) is 126 cm³/mol. The van der Waals surface area contributed by atoms with E-state index in [9.17, 15) is 9.59 Å². The number of hydrogen-bond donors (Lipinski definition) is 1. The molecule has 11 heteroatoms. The van der Waals surface area contributed by atoms with Gasteiger partial charge in [0.15, 0.2) is 5.82 Å². The molecule has 3 aromatic rings. The van der Waals surface area contributed by atoms with Gasteiger partial charge in [-0.2, -0.15) is 10.2 Å². The molecule has 1 amide bonds. The topological polar surface area (TPSA) is 91.0 Å². The lowest BCUT2D eigenvalue weighted by Crippen LogP contribution is -2.25. The summed E-state index contributed by atoms with van der Waals surface area (Å²) in [5.74, 6) is 0.893. The zero-order valence-electron chi connectivity index (χ0n) is 17.5. The highest BCUT2D eigenvalue weighted by atomic mass is 79.9. The monoisotopic (exact) mass is 537 g/mol. The highest BCUT2D eigenvalue weighted by molar-refractivity contribution is 9.10. The molecule has 0 saturated heterocycles. The van der Waals surface area contributed by atoms with Crippen molar-refractivity contribution in [3.05, 3.63) is 45.7 Å². The van der Waals surface area contributed by atoms with Crippen LogP contribution in [0.1, 0.15) is 29.6 Å². The number of benzene rings is 1. The number of nitrogens with zero attached hydrogens (tertiary/aromatic N) is 4. The number of ether oxygens (including phenoxy) is 1. The van der Waals surface area contributed by atoms with Crippen molar-refractivity contribution in [2.75, 3.05) is 12.9 Å². The Balaban J connectivity index is 1.55. The molecule has 1 aliphatic carbocycles. The van der Waals surface area contributed by atoms with Crippen LogP contribution in [0.4, 0.5) is 0 Å². The largest absolute Gasteiger partial charge is 0.469 e. The maximum Gasteiger partial charge on any atom is 0.306 e. The van der Waals surface area contributed by atoms with Gasteiger partial charge in [-0.1, -0.05) is 17.7 Å². The Hall–Kier alpha value is -2.30. The van der Waals surface area contributed by atoms with Crippen molar-refractivity contribution >= 4 is 51.2 Å². The molecular weight excluding hydrogens is 518 g/mol. The summed E-state index contributed by atoms with van der Waals surface area (Å²) in [5.41, 5.74) is 2.14. The first-order valence-corrected chi connectivity index (χ1v) is 12.1. The van der Waals surface area contributed by atoms with E-state index in [1.165, 1.54) is 18.9 Å². The van der Waals surface area contributed by atoms with E-state index in [1.807, 2.05) is 19.3 Å². The van der Waals surface area contributed by atoms with E-state index >= 15 is 0 Å². The zero-order valence-corrected chi connectivity index (χ0v) is 20.6. The number of thioether (sulfide) groups is 1. The Morgan fingerprint density at radius 2 is 2.12 bits per heavy atom. The van der Waals surface area contributed by atoms with E-state index in [1.54, 1.807) is 27.7 Å². The first-order valence-electron chi connectivity index (χ1n) is 9.95. The summed E-state index contributed by atoms with van der Waals surface area (Å²) >= 11 is 11.3. The van der Waals surface area contributed by atoms with Gasteiger partial charge in [0, 0.05) is 30.6 Å². The zero-order chi connectivity index (χ0) is 22.8. The fourth-order valence-electron chi connectivity index (χ4n) is 3.10. The molecule has 0 atom stereocenters. The summed E-state index contributed by atoms with van der Waals surface area (Å²) in [6.45, 7) is 0. The number of nitrogens with one attached hydrogen (secondary N) is 1. The molecule has 168 valence electrons. The minimum Gasteiger partial charge on any atom is -0.469 e. The quantitative estimate of drug-likeness (QED) is 0.341. The summed E-state index contributed by atoms with van der Waals surface area (Å²) in [4.78, 5) is 23.8. The minimum absolute atomic E-state index is 0.158. The van der Waals surface area contributed by atoms with Gasteiger partial charge < -0.3 is 10.1 Å². The van der Waals surface area contributed by atoms with Crippen LogP contribution in [0.5, 0.6) is 0 Å². The smallest absolute Gasteiger partial charge is 0.306 e. The van der Waals surface area contributed by atoms with Gasteiger partial charge in [-0.3, -0.25) is 9.59 Å². The molecule has 1 fully saturated rings. The van der Waals surface area contributed by atoms with Gasteiger partial charge in [0.2, 0.25) is 0 Å². The highest BCUT2D eigenvalue weighted by Gasteiger charge is 2.25. The van der Waals surface area contributed by atoms with Crippen LogP contribution in [0.25, 0.3) is 16.9 Å². The molecule has 0 spiro atoms. The predicted octanol–water partition coefficient (Wildman–Crippen LogP) is 4.24. The second-order valence-electron chi connectivity index (χ2n) is 7.36. The van der Waals surface area contributed by atoms with Crippen LogP contribution in [0, 0.1) is 0 Å². The molecule has 8 nitrogen and oxygen atoms in total. The summed E-state index contributed by atoms with van der Waals surface area (Å²) in [7, 11) is 3.20. The minimum atomic E-state index is -0.255. The molecule has 2 heterocycles. The number of hydrogen-bond acceptors (Lipinski definition) is 6. The van der Waals surface area contributed by atoms with Crippen LogP contribution in [0.3, 0.4) is 0 Å². The van der Waals surface area contributed by atoms with E-state index in [2.05, 4.69) is 36.2 Å². The Labute approximate surface area is 202 Å². The second-order valence-corrected chi connectivity index (χ2v) is 9.64. The lowest BCUT2D eigenvalue weighted by Gasteiger charge is -2.07. The number of halogens is 2. The first-order chi connectivity index (χ1) is 15.4. The average molecular weight is 539 g/mol. The molecule has 0 radical (unpaired) electrons. The first kappa shape index (κ1) is 22.9. The number of carbonyl (C=O) groups excluding carboxylic acids is 2. The summed E-state index contributed by atoms with van der Waals surface area (Å²) in [5, 5.41) is 13.2.